The van der Waals surface area contributed by atoms with Gasteiger partial charge in [0, 0.05) is 18.6 Å². The monoisotopic (exact) mass is 360 g/mol. The van der Waals surface area contributed by atoms with Gasteiger partial charge in [0.15, 0.2) is 11.5 Å². The Morgan fingerprint density at radius 3 is 2.81 bits per heavy atom. The fourth-order valence-corrected chi connectivity index (χ4v) is 2.86. The standard InChI is InChI=1S/C19H16N6O2/c1-13-7-10-24(14-5-4-8-20-11-14)19(27)17(13)18(26)21-12-16-23-22-15-6-2-3-9-25(15)16/h2-11H,12H2,1H3,(H,21,26). The van der Waals surface area contributed by atoms with Crippen molar-refractivity contribution in [2.24, 2.45) is 0 Å². The minimum absolute atomic E-state index is 0.0928. The summed E-state index contributed by atoms with van der Waals surface area (Å²) >= 11 is 0. The topological polar surface area (TPSA) is 94.2 Å². The molecule has 0 saturated carbocycles. The number of carbonyl (C=O) groups is 1. The number of hydrogen-bond acceptors (Lipinski definition) is 5. The van der Waals surface area contributed by atoms with Crippen molar-refractivity contribution in [3.63, 3.8) is 0 Å². The first-order valence-corrected chi connectivity index (χ1v) is 8.34. The van der Waals surface area contributed by atoms with E-state index in [2.05, 4.69) is 20.5 Å². The van der Waals surface area contributed by atoms with Crippen molar-refractivity contribution >= 4 is 11.6 Å². The van der Waals surface area contributed by atoms with Crippen molar-refractivity contribution in [3.05, 3.63) is 88.5 Å². The number of nitrogens with one attached hydrogen (secondary N) is 1. The minimum atomic E-state index is -0.455. The van der Waals surface area contributed by atoms with Crippen molar-refractivity contribution in [1.82, 2.24) is 29.5 Å². The number of carbonyl (C=O) groups excluding carboxylic acids is 1. The molecule has 8 heteroatoms. The number of amides is 1. The maximum absolute atomic E-state index is 12.8. The summed E-state index contributed by atoms with van der Waals surface area (Å²) in [6, 6.07) is 10.8. The lowest BCUT2D eigenvalue weighted by Gasteiger charge is -2.10. The number of aromatic nitrogens is 5. The molecule has 0 atom stereocenters. The second-order valence-corrected chi connectivity index (χ2v) is 5.99. The summed E-state index contributed by atoms with van der Waals surface area (Å²) in [6.45, 7) is 1.89. The highest BCUT2D eigenvalue weighted by Crippen LogP contribution is 2.08. The van der Waals surface area contributed by atoms with Crippen LogP contribution in [0.5, 0.6) is 0 Å². The number of pyridine rings is 3. The smallest absolute Gasteiger partial charge is 0.268 e. The third-order valence-electron chi connectivity index (χ3n) is 4.24. The number of nitrogens with zero attached hydrogens (tertiary/aromatic N) is 5. The number of aryl methyl sites for hydroxylation is 1. The Balaban J connectivity index is 1.63. The van der Waals surface area contributed by atoms with Crippen LogP contribution in [-0.2, 0) is 6.54 Å². The molecule has 0 fully saturated rings. The molecular formula is C19H16N6O2. The number of hydrogen-bond donors (Lipinski definition) is 1. The van der Waals surface area contributed by atoms with E-state index >= 15 is 0 Å². The normalized spacial score (nSPS) is 10.9. The molecule has 4 aromatic rings. The zero-order chi connectivity index (χ0) is 18.8. The SMILES string of the molecule is Cc1ccn(-c2cccnc2)c(=O)c1C(=O)NCc1nnc2ccccn12. The van der Waals surface area contributed by atoms with Gasteiger partial charge in [0.2, 0.25) is 0 Å². The van der Waals surface area contributed by atoms with Crippen LogP contribution in [0.2, 0.25) is 0 Å². The van der Waals surface area contributed by atoms with Crippen molar-refractivity contribution in [2.45, 2.75) is 13.5 Å². The summed E-state index contributed by atoms with van der Waals surface area (Å²) in [5.74, 6) is 0.128. The maximum Gasteiger partial charge on any atom is 0.268 e. The highest BCUT2D eigenvalue weighted by molar-refractivity contribution is 5.95. The van der Waals surface area contributed by atoms with Crippen LogP contribution in [0.15, 0.2) is 66.0 Å². The number of rotatable bonds is 4. The first kappa shape index (κ1) is 16.6. The van der Waals surface area contributed by atoms with Gasteiger partial charge in [-0.1, -0.05) is 6.07 Å². The Hall–Kier alpha value is -3.81. The van der Waals surface area contributed by atoms with E-state index in [1.807, 2.05) is 24.4 Å². The lowest BCUT2D eigenvalue weighted by atomic mass is 10.1. The second kappa shape index (κ2) is 6.83. The molecule has 0 spiro atoms. The minimum Gasteiger partial charge on any atom is -0.345 e. The molecule has 134 valence electrons. The van der Waals surface area contributed by atoms with Crippen LogP contribution in [-0.4, -0.2) is 30.1 Å². The van der Waals surface area contributed by atoms with Gasteiger partial charge >= 0.3 is 0 Å². The summed E-state index contributed by atoms with van der Waals surface area (Å²) in [4.78, 5) is 29.6. The largest absolute Gasteiger partial charge is 0.345 e. The van der Waals surface area contributed by atoms with E-state index in [9.17, 15) is 9.59 Å². The van der Waals surface area contributed by atoms with E-state index < -0.39 is 11.5 Å². The molecule has 0 aliphatic rings. The third-order valence-corrected chi connectivity index (χ3v) is 4.24. The molecule has 4 heterocycles. The molecule has 0 saturated heterocycles. The molecule has 0 aliphatic carbocycles. The fourth-order valence-electron chi connectivity index (χ4n) is 2.86. The van der Waals surface area contributed by atoms with E-state index in [1.165, 1.54) is 4.57 Å². The molecule has 4 rings (SSSR count). The van der Waals surface area contributed by atoms with Gasteiger partial charge < -0.3 is 5.32 Å². The van der Waals surface area contributed by atoms with Crippen molar-refractivity contribution < 1.29 is 4.79 Å². The van der Waals surface area contributed by atoms with Crippen LogP contribution in [0.1, 0.15) is 21.7 Å². The van der Waals surface area contributed by atoms with Gasteiger partial charge in [0.1, 0.15) is 5.56 Å². The van der Waals surface area contributed by atoms with Crippen LogP contribution in [0, 0.1) is 6.92 Å². The Kier molecular flexibility index (Phi) is 4.21. The van der Waals surface area contributed by atoms with Gasteiger partial charge in [-0.3, -0.25) is 23.5 Å². The Bertz CT molecular complexity index is 1180. The van der Waals surface area contributed by atoms with Gasteiger partial charge in [-0.05, 0) is 42.8 Å². The van der Waals surface area contributed by atoms with Crippen LogP contribution >= 0.6 is 0 Å². The average Bonchev–Trinajstić information content (AvgIpc) is 3.10. The lowest BCUT2D eigenvalue weighted by Crippen LogP contribution is -2.33. The Labute approximate surface area is 154 Å². The Morgan fingerprint density at radius 1 is 1.11 bits per heavy atom. The molecule has 0 aliphatic heterocycles. The predicted molar refractivity (Wildman–Crippen MR) is 98.7 cm³/mol. The van der Waals surface area contributed by atoms with Gasteiger partial charge in [-0.2, -0.15) is 0 Å². The summed E-state index contributed by atoms with van der Waals surface area (Å²) in [5, 5.41) is 10.9. The maximum atomic E-state index is 12.8. The van der Waals surface area contributed by atoms with Crippen LogP contribution in [0.25, 0.3) is 11.3 Å². The molecule has 8 nitrogen and oxygen atoms in total. The van der Waals surface area contributed by atoms with Gasteiger partial charge in [-0.15, -0.1) is 10.2 Å². The highest BCUT2D eigenvalue weighted by Gasteiger charge is 2.17. The summed E-state index contributed by atoms with van der Waals surface area (Å²) < 4.78 is 3.19. The molecule has 0 aromatic carbocycles. The third kappa shape index (κ3) is 3.08. The molecule has 4 aromatic heterocycles. The van der Waals surface area contributed by atoms with E-state index in [-0.39, 0.29) is 12.1 Å². The van der Waals surface area contributed by atoms with Crippen LogP contribution < -0.4 is 10.9 Å². The molecule has 1 N–H and O–H groups in total. The first-order chi connectivity index (χ1) is 13.1. The van der Waals surface area contributed by atoms with Crippen LogP contribution in [0.4, 0.5) is 0 Å². The number of fused-ring (bicyclic) bond motifs is 1. The van der Waals surface area contributed by atoms with Crippen molar-refractivity contribution in [1.29, 1.82) is 0 Å². The molecule has 1 amide bonds. The van der Waals surface area contributed by atoms with E-state index in [4.69, 9.17) is 0 Å². The lowest BCUT2D eigenvalue weighted by molar-refractivity contribution is 0.0947. The van der Waals surface area contributed by atoms with E-state index in [1.54, 1.807) is 48.1 Å². The Morgan fingerprint density at radius 2 is 2.00 bits per heavy atom. The molecule has 27 heavy (non-hydrogen) atoms. The van der Waals surface area contributed by atoms with E-state index in [0.717, 1.165) is 0 Å². The predicted octanol–water partition coefficient (Wildman–Crippen LogP) is 1.51. The van der Waals surface area contributed by atoms with Gasteiger partial charge in [-0.25, -0.2) is 0 Å². The average molecular weight is 360 g/mol. The zero-order valence-electron chi connectivity index (χ0n) is 14.5. The second-order valence-electron chi connectivity index (χ2n) is 5.99. The first-order valence-electron chi connectivity index (χ1n) is 8.34. The van der Waals surface area contributed by atoms with Crippen LogP contribution in [0.3, 0.4) is 0 Å². The molecule has 0 radical (unpaired) electrons. The summed E-state index contributed by atoms with van der Waals surface area (Å²) in [6.07, 6.45) is 6.65. The summed E-state index contributed by atoms with van der Waals surface area (Å²) in [5.41, 5.74) is 1.59. The highest BCUT2D eigenvalue weighted by atomic mass is 16.2. The fraction of sp³-hybridized carbons (Fsp3) is 0.105. The molecule has 0 bridgehead atoms. The van der Waals surface area contributed by atoms with Gasteiger partial charge in [0.25, 0.3) is 11.5 Å². The van der Waals surface area contributed by atoms with Crippen molar-refractivity contribution in [2.75, 3.05) is 0 Å². The zero-order valence-corrected chi connectivity index (χ0v) is 14.5. The van der Waals surface area contributed by atoms with Gasteiger partial charge in [0.05, 0.1) is 18.4 Å². The van der Waals surface area contributed by atoms with Crippen molar-refractivity contribution in [3.8, 4) is 5.69 Å². The molecular weight excluding hydrogens is 344 g/mol. The quantitative estimate of drug-likeness (QED) is 0.595. The summed E-state index contributed by atoms with van der Waals surface area (Å²) in [7, 11) is 0. The molecule has 0 unspecified atom stereocenters. The van der Waals surface area contributed by atoms with E-state index in [0.29, 0.717) is 22.7 Å².